The van der Waals surface area contributed by atoms with Crippen molar-refractivity contribution in [2.24, 2.45) is 0 Å². The van der Waals surface area contributed by atoms with Crippen LogP contribution in [0.15, 0.2) is 24.3 Å². The van der Waals surface area contributed by atoms with Gasteiger partial charge in [0.1, 0.15) is 5.75 Å². The van der Waals surface area contributed by atoms with Crippen LogP contribution in [0.2, 0.25) is 0 Å². The van der Waals surface area contributed by atoms with Crippen LogP contribution in [0.4, 0.5) is 0 Å². The number of benzene rings is 1. The minimum atomic E-state index is -2.42. The van der Waals surface area contributed by atoms with Gasteiger partial charge < -0.3 is 4.52 Å². The second-order valence-corrected chi connectivity index (χ2v) is 4.71. The summed E-state index contributed by atoms with van der Waals surface area (Å²) in [5.74, 6) is 0.658. The maximum atomic E-state index is 10.8. The van der Waals surface area contributed by atoms with Crippen molar-refractivity contribution in [1.29, 1.82) is 0 Å². The molecule has 0 fully saturated rings. The molecule has 1 atom stereocenters. The summed E-state index contributed by atoms with van der Waals surface area (Å²) >= 11 is 5.36. The standard InChI is InChI=1S/C10H10ClO2P/c11-14(12)13-10-7-3-5-8-4-1-2-6-9(8)10/h1,3-5,7,14H,2,6H2. The molecule has 0 aliphatic heterocycles. The minimum Gasteiger partial charge on any atom is -0.434 e. The zero-order valence-corrected chi connectivity index (χ0v) is 9.25. The van der Waals surface area contributed by atoms with Gasteiger partial charge >= 0.3 is 7.38 Å². The van der Waals surface area contributed by atoms with Crippen LogP contribution in [0, 0.1) is 0 Å². The van der Waals surface area contributed by atoms with E-state index in [0.717, 1.165) is 24.0 Å². The van der Waals surface area contributed by atoms with Crippen molar-refractivity contribution in [2.75, 3.05) is 0 Å². The normalized spacial score (nSPS) is 16.1. The molecular weight excluding hydrogens is 219 g/mol. The van der Waals surface area contributed by atoms with Gasteiger partial charge in [-0.2, -0.15) is 0 Å². The molecule has 0 saturated carbocycles. The van der Waals surface area contributed by atoms with E-state index in [1.165, 1.54) is 0 Å². The van der Waals surface area contributed by atoms with Crippen molar-refractivity contribution >= 4 is 24.7 Å². The third-order valence-corrected chi connectivity index (χ3v) is 2.83. The molecule has 0 aromatic heterocycles. The summed E-state index contributed by atoms with van der Waals surface area (Å²) in [5.41, 5.74) is 2.24. The van der Waals surface area contributed by atoms with Crippen LogP contribution in [-0.4, -0.2) is 0 Å². The largest absolute Gasteiger partial charge is 0.434 e. The Hall–Kier alpha value is -0.720. The lowest BCUT2D eigenvalue weighted by molar-refractivity contribution is 0.515. The van der Waals surface area contributed by atoms with E-state index in [0.29, 0.717) is 5.75 Å². The van der Waals surface area contributed by atoms with Crippen molar-refractivity contribution in [3.8, 4) is 5.75 Å². The van der Waals surface area contributed by atoms with E-state index >= 15 is 0 Å². The topological polar surface area (TPSA) is 26.3 Å². The van der Waals surface area contributed by atoms with Gasteiger partial charge in [-0.05, 0) is 35.7 Å². The highest BCUT2D eigenvalue weighted by Gasteiger charge is 2.11. The number of fused-ring (bicyclic) bond motifs is 1. The Morgan fingerprint density at radius 1 is 1.43 bits per heavy atom. The highest BCUT2D eigenvalue weighted by molar-refractivity contribution is 7.70. The molecule has 0 spiro atoms. The molecule has 0 amide bonds. The van der Waals surface area contributed by atoms with Crippen LogP contribution in [0.5, 0.6) is 5.75 Å². The molecule has 4 heteroatoms. The van der Waals surface area contributed by atoms with Crippen molar-refractivity contribution in [2.45, 2.75) is 12.8 Å². The van der Waals surface area contributed by atoms with Crippen molar-refractivity contribution in [3.05, 3.63) is 35.4 Å². The third kappa shape index (κ3) is 2.02. The Morgan fingerprint density at radius 2 is 2.29 bits per heavy atom. The van der Waals surface area contributed by atoms with Gasteiger partial charge in [-0.25, -0.2) is 0 Å². The predicted octanol–water partition coefficient (Wildman–Crippen LogP) is 3.65. The summed E-state index contributed by atoms with van der Waals surface area (Å²) in [6.07, 6.45) is 6.09. The fraction of sp³-hybridized carbons (Fsp3) is 0.200. The lowest BCUT2D eigenvalue weighted by atomic mass is 9.97. The quantitative estimate of drug-likeness (QED) is 0.722. The Balaban J connectivity index is 2.41. The molecule has 0 saturated heterocycles. The van der Waals surface area contributed by atoms with Crippen LogP contribution in [-0.2, 0) is 11.0 Å². The Morgan fingerprint density at radius 3 is 3.07 bits per heavy atom. The fourth-order valence-electron chi connectivity index (χ4n) is 1.63. The van der Waals surface area contributed by atoms with Gasteiger partial charge in [-0.15, -0.1) is 0 Å². The van der Waals surface area contributed by atoms with Crippen LogP contribution in [0.3, 0.4) is 0 Å². The van der Waals surface area contributed by atoms with Crippen molar-refractivity contribution in [1.82, 2.24) is 0 Å². The maximum Gasteiger partial charge on any atom is 0.325 e. The lowest BCUT2D eigenvalue weighted by Crippen LogP contribution is -1.96. The minimum absolute atomic E-state index is 0.658. The molecule has 1 aromatic carbocycles. The average molecular weight is 229 g/mol. The average Bonchev–Trinajstić information content (AvgIpc) is 2.18. The molecule has 74 valence electrons. The van der Waals surface area contributed by atoms with E-state index in [1.807, 2.05) is 18.2 Å². The zero-order valence-electron chi connectivity index (χ0n) is 7.50. The van der Waals surface area contributed by atoms with Crippen LogP contribution >= 0.6 is 18.6 Å². The number of halogens is 1. The first-order valence-electron chi connectivity index (χ1n) is 4.43. The number of rotatable bonds is 2. The number of allylic oxidation sites excluding steroid dienone is 1. The van der Waals surface area contributed by atoms with Crippen LogP contribution in [0.25, 0.3) is 6.08 Å². The van der Waals surface area contributed by atoms with Gasteiger partial charge in [0.15, 0.2) is 0 Å². The molecule has 2 rings (SSSR count). The summed E-state index contributed by atoms with van der Waals surface area (Å²) in [6.45, 7) is 0. The van der Waals surface area contributed by atoms with Crippen molar-refractivity contribution in [3.63, 3.8) is 0 Å². The molecule has 0 radical (unpaired) electrons. The second kappa shape index (κ2) is 4.20. The highest BCUT2D eigenvalue weighted by Crippen LogP contribution is 2.36. The molecule has 1 aromatic rings. The van der Waals surface area contributed by atoms with E-state index in [9.17, 15) is 4.57 Å². The SMILES string of the molecule is O=[PH](Cl)Oc1cccc2c1CCC=C2. The first kappa shape index (κ1) is 9.82. The van der Waals surface area contributed by atoms with Crippen LogP contribution in [0.1, 0.15) is 17.5 Å². The molecule has 1 aliphatic rings. The van der Waals surface area contributed by atoms with E-state index in [2.05, 4.69) is 12.2 Å². The van der Waals surface area contributed by atoms with Crippen molar-refractivity contribution < 1.29 is 9.09 Å². The summed E-state index contributed by atoms with van der Waals surface area (Å²) in [5, 5.41) is 0. The van der Waals surface area contributed by atoms with Gasteiger partial charge in [-0.3, -0.25) is 4.57 Å². The van der Waals surface area contributed by atoms with Crippen LogP contribution < -0.4 is 4.52 Å². The van der Waals surface area contributed by atoms with E-state index in [4.69, 9.17) is 15.8 Å². The molecule has 0 bridgehead atoms. The van der Waals surface area contributed by atoms with Gasteiger partial charge in [0.25, 0.3) is 0 Å². The molecular formula is C10H10ClO2P. The summed E-state index contributed by atoms with van der Waals surface area (Å²) in [6, 6.07) is 5.71. The highest BCUT2D eigenvalue weighted by atomic mass is 35.7. The summed E-state index contributed by atoms with van der Waals surface area (Å²) in [4.78, 5) is 0. The van der Waals surface area contributed by atoms with Gasteiger partial charge in [0.2, 0.25) is 0 Å². The molecule has 0 heterocycles. The molecule has 0 N–H and O–H groups in total. The Kier molecular flexibility index (Phi) is 2.95. The number of hydrogen-bond acceptors (Lipinski definition) is 2. The predicted molar refractivity (Wildman–Crippen MR) is 59.3 cm³/mol. The van der Waals surface area contributed by atoms with Gasteiger partial charge in [-0.1, -0.05) is 24.3 Å². The monoisotopic (exact) mass is 228 g/mol. The Bertz CT molecular complexity index is 401. The second-order valence-electron chi connectivity index (χ2n) is 3.10. The molecule has 1 aliphatic carbocycles. The third-order valence-electron chi connectivity index (χ3n) is 2.22. The van der Waals surface area contributed by atoms with Gasteiger partial charge in [0, 0.05) is 5.56 Å². The first-order valence-corrected chi connectivity index (χ1v) is 6.76. The Labute approximate surface area is 88.2 Å². The fourth-order valence-corrected chi connectivity index (χ4v) is 2.24. The molecule has 2 nitrogen and oxygen atoms in total. The summed E-state index contributed by atoms with van der Waals surface area (Å²) in [7, 11) is -2.42. The summed E-state index contributed by atoms with van der Waals surface area (Å²) < 4.78 is 15.9. The maximum absolute atomic E-state index is 10.8. The smallest absolute Gasteiger partial charge is 0.325 e. The van der Waals surface area contributed by atoms with E-state index < -0.39 is 7.38 Å². The number of hydrogen-bond donors (Lipinski definition) is 0. The lowest BCUT2D eigenvalue weighted by Gasteiger charge is -2.14. The van der Waals surface area contributed by atoms with E-state index in [-0.39, 0.29) is 0 Å². The zero-order chi connectivity index (χ0) is 9.97. The van der Waals surface area contributed by atoms with E-state index in [1.54, 1.807) is 0 Å². The molecule has 14 heavy (non-hydrogen) atoms. The first-order chi connectivity index (χ1) is 6.77. The van der Waals surface area contributed by atoms with Gasteiger partial charge in [0.05, 0.1) is 0 Å². The molecule has 1 unspecified atom stereocenters.